The monoisotopic (exact) mass is 328 g/mol. The van der Waals surface area contributed by atoms with Crippen LogP contribution in [0.15, 0.2) is 40.9 Å². The third-order valence-electron chi connectivity index (χ3n) is 2.75. The second kappa shape index (κ2) is 5.39. The van der Waals surface area contributed by atoms with E-state index in [4.69, 9.17) is 11.6 Å². The number of benzene rings is 2. The molecule has 0 spiro atoms. The fourth-order valence-electron chi connectivity index (χ4n) is 1.74. The van der Waals surface area contributed by atoms with Crippen LogP contribution >= 0.6 is 27.5 Å². The van der Waals surface area contributed by atoms with E-state index in [1.807, 2.05) is 0 Å². The lowest BCUT2D eigenvalue weighted by molar-refractivity contribution is 0.219. The molecule has 0 heterocycles. The standard InChI is InChI=1S/C14H11BrClFO/c1-8-6-9(2-5-13(8)17)14(18)11-4-3-10(16)7-12(11)15/h2-7,14,18H,1H3. The molecular weight excluding hydrogens is 319 g/mol. The van der Waals surface area contributed by atoms with E-state index in [-0.39, 0.29) is 5.82 Å². The molecule has 2 rings (SSSR count). The molecule has 2 aromatic carbocycles. The molecule has 0 aliphatic rings. The summed E-state index contributed by atoms with van der Waals surface area (Å²) in [5, 5.41) is 10.9. The largest absolute Gasteiger partial charge is 0.384 e. The van der Waals surface area contributed by atoms with Crippen LogP contribution in [-0.2, 0) is 0 Å². The van der Waals surface area contributed by atoms with E-state index < -0.39 is 6.10 Å². The first-order valence-electron chi connectivity index (χ1n) is 5.38. The molecule has 0 aliphatic carbocycles. The third kappa shape index (κ3) is 2.74. The van der Waals surface area contributed by atoms with E-state index >= 15 is 0 Å². The van der Waals surface area contributed by atoms with Crippen molar-refractivity contribution in [3.63, 3.8) is 0 Å². The summed E-state index contributed by atoms with van der Waals surface area (Å²) in [5.74, 6) is -0.277. The lowest BCUT2D eigenvalue weighted by atomic mass is 10.00. The van der Waals surface area contributed by atoms with Crippen LogP contribution in [0.25, 0.3) is 0 Å². The Bertz CT molecular complexity index is 586. The van der Waals surface area contributed by atoms with Gasteiger partial charge in [-0.2, -0.15) is 0 Å². The van der Waals surface area contributed by atoms with Gasteiger partial charge in [-0.25, -0.2) is 4.39 Å². The molecule has 0 fully saturated rings. The molecule has 0 aliphatic heterocycles. The lowest BCUT2D eigenvalue weighted by Gasteiger charge is -2.14. The zero-order valence-electron chi connectivity index (χ0n) is 9.62. The van der Waals surface area contributed by atoms with Gasteiger partial charge in [0.2, 0.25) is 0 Å². The van der Waals surface area contributed by atoms with Crippen molar-refractivity contribution >= 4 is 27.5 Å². The lowest BCUT2D eigenvalue weighted by Crippen LogP contribution is -2.01. The number of aliphatic hydroxyl groups excluding tert-OH is 1. The molecule has 1 N–H and O–H groups in total. The molecule has 94 valence electrons. The SMILES string of the molecule is Cc1cc(C(O)c2ccc(Cl)cc2Br)ccc1F. The van der Waals surface area contributed by atoms with Crippen LogP contribution in [0.1, 0.15) is 22.8 Å². The summed E-state index contributed by atoms with van der Waals surface area (Å²) >= 11 is 9.21. The Morgan fingerprint density at radius 3 is 2.56 bits per heavy atom. The van der Waals surface area contributed by atoms with Crippen LogP contribution in [0.2, 0.25) is 5.02 Å². The fraction of sp³-hybridized carbons (Fsp3) is 0.143. The van der Waals surface area contributed by atoms with Crippen LogP contribution in [0.5, 0.6) is 0 Å². The summed E-state index contributed by atoms with van der Waals surface area (Å²) in [7, 11) is 0. The first-order valence-corrected chi connectivity index (χ1v) is 6.55. The van der Waals surface area contributed by atoms with E-state index in [1.54, 1.807) is 37.3 Å². The second-order valence-corrected chi connectivity index (χ2v) is 5.37. The van der Waals surface area contributed by atoms with Crippen molar-refractivity contribution in [1.82, 2.24) is 0 Å². The highest BCUT2D eigenvalue weighted by Gasteiger charge is 2.14. The minimum Gasteiger partial charge on any atom is -0.384 e. The smallest absolute Gasteiger partial charge is 0.126 e. The Balaban J connectivity index is 2.41. The quantitative estimate of drug-likeness (QED) is 0.851. The maximum absolute atomic E-state index is 13.2. The number of hydrogen-bond donors (Lipinski definition) is 1. The number of hydrogen-bond acceptors (Lipinski definition) is 1. The van der Waals surface area contributed by atoms with Gasteiger partial charge in [0.25, 0.3) is 0 Å². The molecule has 18 heavy (non-hydrogen) atoms. The first kappa shape index (κ1) is 13.5. The summed E-state index contributed by atoms with van der Waals surface area (Å²) in [6.07, 6.45) is -0.809. The molecule has 1 atom stereocenters. The zero-order valence-corrected chi connectivity index (χ0v) is 12.0. The average molecular weight is 330 g/mol. The number of aryl methyl sites for hydroxylation is 1. The summed E-state index contributed by atoms with van der Waals surface area (Å²) in [5.41, 5.74) is 1.86. The second-order valence-electron chi connectivity index (χ2n) is 4.08. The summed E-state index contributed by atoms with van der Waals surface area (Å²) < 4.78 is 13.9. The van der Waals surface area contributed by atoms with E-state index in [0.29, 0.717) is 21.7 Å². The van der Waals surface area contributed by atoms with Gasteiger partial charge in [-0.05, 0) is 41.8 Å². The topological polar surface area (TPSA) is 20.2 Å². The molecule has 0 saturated heterocycles. The van der Waals surface area contributed by atoms with Gasteiger partial charge in [-0.15, -0.1) is 0 Å². The molecule has 1 unspecified atom stereocenters. The Kier molecular flexibility index (Phi) is 4.05. The van der Waals surface area contributed by atoms with Crippen LogP contribution in [0, 0.1) is 12.7 Å². The van der Waals surface area contributed by atoms with E-state index in [0.717, 1.165) is 4.47 Å². The summed E-state index contributed by atoms with van der Waals surface area (Å²) in [4.78, 5) is 0. The van der Waals surface area contributed by atoms with Gasteiger partial charge in [0.15, 0.2) is 0 Å². The third-order valence-corrected chi connectivity index (χ3v) is 3.68. The van der Waals surface area contributed by atoms with Crippen molar-refractivity contribution in [2.45, 2.75) is 13.0 Å². The minimum atomic E-state index is -0.809. The molecule has 4 heteroatoms. The highest BCUT2D eigenvalue weighted by atomic mass is 79.9. The van der Waals surface area contributed by atoms with Crippen molar-refractivity contribution in [3.05, 3.63) is 68.4 Å². The number of aliphatic hydroxyl groups is 1. The summed E-state index contributed by atoms with van der Waals surface area (Å²) in [6, 6.07) is 9.75. The van der Waals surface area contributed by atoms with E-state index in [2.05, 4.69) is 15.9 Å². The molecule has 0 saturated carbocycles. The highest BCUT2D eigenvalue weighted by molar-refractivity contribution is 9.10. The first-order chi connectivity index (χ1) is 8.49. The maximum atomic E-state index is 13.2. The van der Waals surface area contributed by atoms with Gasteiger partial charge < -0.3 is 5.11 Å². The fourth-order valence-corrected chi connectivity index (χ4v) is 2.64. The van der Waals surface area contributed by atoms with Gasteiger partial charge in [0, 0.05) is 9.50 Å². The van der Waals surface area contributed by atoms with Gasteiger partial charge in [-0.1, -0.05) is 45.7 Å². The molecule has 2 aromatic rings. The molecule has 0 radical (unpaired) electrons. The van der Waals surface area contributed by atoms with Crippen molar-refractivity contribution in [2.24, 2.45) is 0 Å². The Morgan fingerprint density at radius 2 is 1.94 bits per heavy atom. The Labute approximate surface area is 118 Å². The van der Waals surface area contributed by atoms with Gasteiger partial charge in [0.1, 0.15) is 11.9 Å². The van der Waals surface area contributed by atoms with Gasteiger partial charge in [0.05, 0.1) is 0 Å². The highest BCUT2D eigenvalue weighted by Crippen LogP contribution is 2.31. The molecule has 1 nitrogen and oxygen atoms in total. The Hall–Kier alpha value is -0.900. The normalized spacial score (nSPS) is 12.5. The Morgan fingerprint density at radius 1 is 1.22 bits per heavy atom. The van der Waals surface area contributed by atoms with Crippen LogP contribution in [0.3, 0.4) is 0 Å². The van der Waals surface area contributed by atoms with E-state index in [1.165, 1.54) is 6.07 Å². The van der Waals surface area contributed by atoms with Crippen molar-refractivity contribution in [1.29, 1.82) is 0 Å². The van der Waals surface area contributed by atoms with Crippen molar-refractivity contribution < 1.29 is 9.50 Å². The number of halogens is 3. The zero-order chi connectivity index (χ0) is 13.3. The molecule has 0 bridgehead atoms. The van der Waals surface area contributed by atoms with Gasteiger partial charge >= 0.3 is 0 Å². The van der Waals surface area contributed by atoms with Crippen molar-refractivity contribution in [2.75, 3.05) is 0 Å². The number of rotatable bonds is 2. The maximum Gasteiger partial charge on any atom is 0.126 e. The molecular formula is C14H11BrClFO. The van der Waals surface area contributed by atoms with Crippen LogP contribution < -0.4 is 0 Å². The van der Waals surface area contributed by atoms with Gasteiger partial charge in [-0.3, -0.25) is 0 Å². The summed E-state index contributed by atoms with van der Waals surface area (Å²) in [6.45, 7) is 1.67. The minimum absolute atomic E-state index is 0.277. The van der Waals surface area contributed by atoms with E-state index in [9.17, 15) is 9.50 Å². The van der Waals surface area contributed by atoms with Crippen LogP contribution in [0.4, 0.5) is 4.39 Å². The molecule has 0 aromatic heterocycles. The predicted molar refractivity (Wildman–Crippen MR) is 74.4 cm³/mol. The van der Waals surface area contributed by atoms with Crippen LogP contribution in [-0.4, -0.2) is 5.11 Å². The predicted octanol–water partition coefficient (Wildman–Crippen LogP) is 4.63. The molecule has 0 amide bonds. The van der Waals surface area contributed by atoms with Crippen molar-refractivity contribution in [3.8, 4) is 0 Å². The average Bonchev–Trinajstić information content (AvgIpc) is 2.32.